The number of methoxy groups -OCH3 is 1. The zero-order valence-electron chi connectivity index (χ0n) is 25.5. The smallest absolute Gasteiger partial charge is 0.251 e. The van der Waals surface area contributed by atoms with Crippen molar-refractivity contribution in [1.29, 1.82) is 0 Å². The number of aromatic nitrogens is 2. The van der Waals surface area contributed by atoms with Gasteiger partial charge in [-0.3, -0.25) is 9.59 Å². The number of halogens is 1. The van der Waals surface area contributed by atoms with E-state index < -0.39 is 6.04 Å². The Hall–Kier alpha value is -4.12. The van der Waals surface area contributed by atoms with Gasteiger partial charge in [0.25, 0.3) is 5.91 Å². The Bertz CT molecular complexity index is 1590. The van der Waals surface area contributed by atoms with Crippen LogP contribution >= 0.6 is 23.4 Å². The normalized spacial score (nSPS) is 13.6. The molecule has 0 bridgehead atoms. The molecule has 1 aromatic heterocycles. The van der Waals surface area contributed by atoms with E-state index in [0.717, 1.165) is 35.7 Å². The number of hydrogen-bond acceptors (Lipinski definition) is 8. The van der Waals surface area contributed by atoms with E-state index in [0.29, 0.717) is 40.4 Å². The molecule has 0 radical (unpaired) electrons. The van der Waals surface area contributed by atoms with Gasteiger partial charge in [0.15, 0.2) is 5.16 Å². The van der Waals surface area contributed by atoms with E-state index >= 15 is 0 Å². The topological polar surface area (TPSA) is 96.9 Å². The molecule has 1 N–H and O–H groups in total. The average molecular weight is 646 g/mol. The van der Waals surface area contributed by atoms with E-state index in [1.54, 1.807) is 36.3 Å². The first-order chi connectivity index (χ1) is 21.8. The molecule has 0 aliphatic carbocycles. The van der Waals surface area contributed by atoms with Crippen molar-refractivity contribution in [1.82, 2.24) is 14.9 Å². The number of ether oxygens (including phenoxy) is 2. The van der Waals surface area contributed by atoms with E-state index in [-0.39, 0.29) is 24.1 Å². The lowest BCUT2D eigenvalue weighted by atomic mass is 10.0. The molecule has 3 aromatic carbocycles. The molecule has 9 nitrogen and oxygen atoms in total. The molecule has 1 aliphatic heterocycles. The number of benzene rings is 3. The van der Waals surface area contributed by atoms with E-state index in [1.807, 2.05) is 68.4 Å². The number of amides is 2. The van der Waals surface area contributed by atoms with Crippen LogP contribution in [0.15, 0.2) is 84.0 Å². The highest BCUT2D eigenvalue weighted by Crippen LogP contribution is 2.30. The van der Waals surface area contributed by atoms with E-state index in [1.165, 1.54) is 11.8 Å². The number of nitrogens with one attached hydrogen (secondary N) is 1. The Morgan fingerprint density at radius 1 is 1.00 bits per heavy atom. The first kappa shape index (κ1) is 32.3. The van der Waals surface area contributed by atoms with Gasteiger partial charge in [0, 0.05) is 47.4 Å². The van der Waals surface area contributed by atoms with Crippen LogP contribution in [-0.4, -0.2) is 65.8 Å². The van der Waals surface area contributed by atoms with Gasteiger partial charge in [-0.1, -0.05) is 47.6 Å². The maximum atomic E-state index is 14.2. The number of aryl methyl sites for hydroxylation is 2. The van der Waals surface area contributed by atoms with Crippen LogP contribution in [0.3, 0.4) is 0 Å². The highest BCUT2D eigenvalue weighted by Gasteiger charge is 2.32. The monoisotopic (exact) mass is 645 g/mol. The van der Waals surface area contributed by atoms with Gasteiger partial charge in [-0.05, 0) is 79.6 Å². The van der Waals surface area contributed by atoms with Crippen molar-refractivity contribution in [3.8, 4) is 5.75 Å². The van der Waals surface area contributed by atoms with Gasteiger partial charge in [-0.25, -0.2) is 9.97 Å². The van der Waals surface area contributed by atoms with Crippen molar-refractivity contribution in [2.75, 3.05) is 49.4 Å². The first-order valence-electron chi connectivity index (χ1n) is 14.7. The van der Waals surface area contributed by atoms with Gasteiger partial charge in [-0.15, -0.1) is 0 Å². The number of rotatable bonds is 11. The second kappa shape index (κ2) is 15.2. The summed E-state index contributed by atoms with van der Waals surface area (Å²) in [5, 5.41) is 4.15. The predicted octanol–water partition coefficient (Wildman–Crippen LogP) is 6.09. The van der Waals surface area contributed by atoms with Crippen molar-refractivity contribution in [2.45, 2.75) is 31.6 Å². The first-order valence-corrected chi connectivity index (χ1v) is 16.0. The third kappa shape index (κ3) is 8.75. The van der Waals surface area contributed by atoms with Crippen molar-refractivity contribution < 1.29 is 19.1 Å². The number of nitrogens with zero attached hydrogens (tertiary/aromatic N) is 4. The minimum Gasteiger partial charge on any atom is -0.497 e. The third-order valence-electron chi connectivity index (χ3n) is 7.35. The summed E-state index contributed by atoms with van der Waals surface area (Å²) >= 11 is 7.41. The predicted molar refractivity (Wildman–Crippen MR) is 178 cm³/mol. The summed E-state index contributed by atoms with van der Waals surface area (Å²) in [6.45, 7) is 6.97. The fourth-order valence-corrected chi connectivity index (χ4v) is 6.11. The highest BCUT2D eigenvalue weighted by atomic mass is 35.5. The molecular weight excluding hydrogens is 610 g/mol. The van der Waals surface area contributed by atoms with Crippen LogP contribution in [0.4, 0.5) is 11.4 Å². The zero-order chi connectivity index (χ0) is 31.8. The maximum absolute atomic E-state index is 14.2. The second-order valence-electron chi connectivity index (χ2n) is 10.7. The van der Waals surface area contributed by atoms with Crippen LogP contribution in [0.5, 0.6) is 5.75 Å². The lowest BCUT2D eigenvalue weighted by molar-refractivity contribution is -0.137. The summed E-state index contributed by atoms with van der Waals surface area (Å²) in [6, 6.07) is 23.1. The summed E-state index contributed by atoms with van der Waals surface area (Å²) in [7, 11) is 1.57. The molecule has 234 valence electrons. The number of thioether (sulfide) groups is 1. The third-order valence-corrected chi connectivity index (χ3v) is 8.44. The SMILES string of the molecule is COc1cccc(C(C(=O)Nc2ccc(N3CCOCC3)cc2)N(Cc2ccc(Cl)cc2)C(=O)CSc2nc(C)cc(C)n2)c1. The molecule has 1 aliphatic rings. The number of anilines is 2. The Morgan fingerprint density at radius 3 is 2.36 bits per heavy atom. The molecule has 2 amide bonds. The summed E-state index contributed by atoms with van der Waals surface area (Å²) in [4.78, 5) is 41.1. The van der Waals surface area contributed by atoms with Crippen LogP contribution in [0, 0.1) is 13.8 Å². The molecule has 2 heterocycles. The van der Waals surface area contributed by atoms with Crippen molar-refractivity contribution in [2.24, 2.45) is 0 Å². The summed E-state index contributed by atoms with van der Waals surface area (Å²) in [5.41, 5.74) is 4.78. The van der Waals surface area contributed by atoms with Crippen molar-refractivity contribution >= 4 is 46.6 Å². The number of morpholine rings is 1. The van der Waals surface area contributed by atoms with E-state index in [4.69, 9.17) is 21.1 Å². The molecular formula is C34H36ClN5O4S. The van der Waals surface area contributed by atoms with E-state index in [9.17, 15) is 9.59 Å². The summed E-state index contributed by atoms with van der Waals surface area (Å²) in [5.74, 6) is 0.0242. The van der Waals surface area contributed by atoms with Gasteiger partial charge >= 0.3 is 0 Å². The van der Waals surface area contributed by atoms with Gasteiger partial charge < -0.3 is 24.6 Å². The highest BCUT2D eigenvalue weighted by molar-refractivity contribution is 7.99. The summed E-state index contributed by atoms with van der Waals surface area (Å²) in [6.07, 6.45) is 0. The molecule has 45 heavy (non-hydrogen) atoms. The minimum absolute atomic E-state index is 0.0402. The Balaban J connectivity index is 1.46. The Labute approximate surface area is 272 Å². The van der Waals surface area contributed by atoms with Crippen LogP contribution in [-0.2, 0) is 20.9 Å². The molecule has 1 unspecified atom stereocenters. The molecule has 0 saturated carbocycles. The summed E-state index contributed by atoms with van der Waals surface area (Å²) < 4.78 is 11.0. The van der Waals surface area contributed by atoms with Gasteiger partial charge in [0.05, 0.1) is 26.1 Å². The van der Waals surface area contributed by atoms with Crippen molar-refractivity contribution in [3.63, 3.8) is 0 Å². The van der Waals surface area contributed by atoms with Crippen LogP contribution in [0.1, 0.15) is 28.6 Å². The quantitative estimate of drug-likeness (QED) is 0.155. The number of carbonyl (C=O) groups is 2. The van der Waals surface area contributed by atoms with Crippen LogP contribution in [0.25, 0.3) is 0 Å². The standard InChI is InChI=1S/C34H36ClN5O4S/c1-23-19-24(2)37-34(36-23)45-22-31(41)40(21-25-7-9-27(35)10-8-25)32(26-5-4-6-30(20-26)43-3)33(42)38-28-11-13-29(14-12-28)39-15-17-44-18-16-39/h4-14,19-20,32H,15-18,21-22H2,1-3H3,(H,38,42). The molecule has 1 saturated heterocycles. The van der Waals surface area contributed by atoms with Gasteiger partial charge in [0.2, 0.25) is 5.91 Å². The lowest BCUT2D eigenvalue weighted by Gasteiger charge is -2.32. The van der Waals surface area contributed by atoms with Crippen LogP contribution in [0.2, 0.25) is 5.02 Å². The number of hydrogen-bond donors (Lipinski definition) is 1. The minimum atomic E-state index is -0.969. The average Bonchev–Trinajstić information content (AvgIpc) is 3.04. The molecule has 11 heteroatoms. The van der Waals surface area contributed by atoms with Crippen molar-refractivity contribution in [3.05, 3.63) is 106 Å². The molecule has 5 rings (SSSR count). The largest absolute Gasteiger partial charge is 0.497 e. The lowest BCUT2D eigenvalue weighted by Crippen LogP contribution is -2.41. The molecule has 0 spiro atoms. The van der Waals surface area contributed by atoms with Crippen LogP contribution < -0.4 is 15.0 Å². The number of carbonyl (C=O) groups excluding carboxylic acids is 2. The molecule has 1 fully saturated rings. The maximum Gasteiger partial charge on any atom is 0.251 e. The van der Waals surface area contributed by atoms with Gasteiger partial charge in [-0.2, -0.15) is 0 Å². The fourth-order valence-electron chi connectivity index (χ4n) is 5.15. The molecule has 1 atom stereocenters. The van der Waals surface area contributed by atoms with E-state index in [2.05, 4.69) is 20.2 Å². The Morgan fingerprint density at radius 2 is 1.69 bits per heavy atom. The Kier molecular flexibility index (Phi) is 10.9. The van der Waals surface area contributed by atoms with Gasteiger partial charge in [0.1, 0.15) is 11.8 Å². The fraction of sp³-hybridized carbons (Fsp3) is 0.294. The molecule has 4 aromatic rings. The second-order valence-corrected chi connectivity index (χ2v) is 12.1. The zero-order valence-corrected chi connectivity index (χ0v) is 27.1.